The van der Waals surface area contributed by atoms with Crippen molar-refractivity contribution in [3.05, 3.63) is 35.9 Å². The highest BCUT2D eigenvalue weighted by Gasteiger charge is 2.33. The van der Waals surface area contributed by atoms with Gasteiger partial charge in [-0.2, -0.15) is 0 Å². The lowest BCUT2D eigenvalue weighted by Gasteiger charge is -2.23. The summed E-state index contributed by atoms with van der Waals surface area (Å²) < 4.78 is 27.8. The highest BCUT2D eigenvalue weighted by molar-refractivity contribution is 7.54. The Morgan fingerprint density at radius 3 is 2.29 bits per heavy atom. The lowest BCUT2D eigenvalue weighted by atomic mass is 10.2. The molecule has 0 bridgehead atoms. The van der Waals surface area contributed by atoms with E-state index in [-0.39, 0.29) is 19.8 Å². The van der Waals surface area contributed by atoms with Gasteiger partial charge in [-0.1, -0.05) is 30.3 Å². The lowest BCUT2D eigenvalue weighted by molar-refractivity contribution is 0.135. The summed E-state index contributed by atoms with van der Waals surface area (Å²) >= 11 is 0. The van der Waals surface area contributed by atoms with Gasteiger partial charge in [0.05, 0.1) is 13.2 Å². The Morgan fingerprint density at radius 2 is 1.76 bits per heavy atom. The predicted octanol–water partition coefficient (Wildman–Crippen LogP) is 3.52. The minimum absolute atomic E-state index is 0.146. The Kier molecular flexibility index (Phi) is 7.43. The van der Waals surface area contributed by atoms with Crippen molar-refractivity contribution in [2.75, 3.05) is 13.2 Å². The van der Waals surface area contributed by atoms with Crippen LogP contribution >= 0.6 is 7.60 Å². The predicted molar refractivity (Wildman–Crippen MR) is 80.1 cm³/mol. The molecule has 0 spiro atoms. The number of nitrogens with one attached hydrogen (secondary N) is 1. The second kappa shape index (κ2) is 8.82. The maximum Gasteiger partial charge on any atom is 0.408 e. The number of ether oxygens (including phenoxy) is 1. The van der Waals surface area contributed by atoms with E-state index in [1.165, 1.54) is 0 Å². The van der Waals surface area contributed by atoms with E-state index < -0.39 is 19.5 Å². The third-order valence-electron chi connectivity index (χ3n) is 2.63. The summed E-state index contributed by atoms with van der Waals surface area (Å²) in [6.07, 6.45) is -0.661. The SMILES string of the molecule is CCOP(=O)(OCC)[C@@H](C)NC(=O)OCc1ccccc1. The van der Waals surface area contributed by atoms with E-state index in [1.54, 1.807) is 20.8 Å². The molecule has 118 valence electrons. The number of carbonyl (C=O) groups is 1. The number of hydrogen-bond acceptors (Lipinski definition) is 5. The maximum absolute atomic E-state index is 12.4. The zero-order valence-electron chi connectivity index (χ0n) is 12.6. The van der Waals surface area contributed by atoms with Crippen LogP contribution < -0.4 is 5.32 Å². The van der Waals surface area contributed by atoms with Crippen molar-refractivity contribution in [3.63, 3.8) is 0 Å². The molecular formula is C14H22NO5P. The van der Waals surface area contributed by atoms with Crippen LogP contribution in [0.1, 0.15) is 26.3 Å². The van der Waals surface area contributed by atoms with Crippen molar-refractivity contribution >= 4 is 13.7 Å². The van der Waals surface area contributed by atoms with E-state index in [9.17, 15) is 9.36 Å². The Labute approximate surface area is 125 Å². The van der Waals surface area contributed by atoms with E-state index in [2.05, 4.69) is 5.32 Å². The molecule has 1 rings (SSSR count). The summed E-state index contributed by atoms with van der Waals surface area (Å²) in [6.45, 7) is 5.62. The van der Waals surface area contributed by atoms with Gasteiger partial charge >= 0.3 is 13.7 Å². The smallest absolute Gasteiger partial charge is 0.408 e. The highest BCUT2D eigenvalue weighted by Crippen LogP contribution is 2.51. The van der Waals surface area contributed by atoms with Gasteiger partial charge in [0.15, 0.2) is 0 Å². The van der Waals surface area contributed by atoms with Crippen LogP contribution in [0.4, 0.5) is 4.79 Å². The Hall–Kier alpha value is -1.36. The molecule has 0 aliphatic rings. The van der Waals surface area contributed by atoms with Crippen molar-refractivity contribution in [1.82, 2.24) is 5.32 Å². The Morgan fingerprint density at radius 1 is 1.19 bits per heavy atom. The van der Waals surface area contributed by atoms with Crippen LogP contribution in [0.3, 0.4) is 0 Å². The van der Waals surface area contributed by atoms with Gasteiger partial charge in [0, 0.05) is 0 Å². The molecule has 1 N–H and O–H groups in total. The lowest BCUT2D eigenvalue weighted by Crippen LogP contribution is -2.34. The monoisotopic (exact) mass is 315 g/mol. The first kappa shape index (κ1) is 17.7. The Bertz CT molecular complexity index is 470. The number of amides is 1. The van der Waals surface area contributed by atoms with E-state index in [0.29, 0.717) is 0 Å². The van der Waals surface area contributed by atoms with Gasteiger partial charge < -0.3 is 19.1 Å². The average Bonchev–Trinajstić information content (AvgIpc) is 2.46. The number of hydrogen-bond donors (Lipinski definition) is 1. The molecule has 0 saturated heterocycles. The van der Waals surface area contributed by atoms with Crippen molar-refractivity contribution in [3.8, 4) is 0 Å². The van der Waals surface area contributed by atoms with Gasteiger partial charge in [-0.25, -0.2) is 4.79 Å². The van der Waals surface area contributed by atoms with Crippen molar-refractivity contribution in [2.45, 2.75) is 33.2 Å². The summed E-state index contributed by atoms with van der Waals surface area (Å²) in [5, 5.41) is 2.49. The van der Waals surface area contributed by atoms with Crippen LogP contribution in [0.2, 0.25) is 0 Å². The second-order valence-electron chi connectivity index (χ2n) is 4.26. The summed E-state index contributed by atoms with van der Waals surface area (Å²) in [4.78, 5) is 11.7. The molecule has 1 atom stereocenters. The van der Waals surface area contributed by atoms with E-state index in [1.807, 2.05) is 30.3 Å². The quantitative estimate of drug-likeness (QED) is 0.743. The van der Waals surface area contributed by atoms with E-state index in [4.69, 9.17) is 13.8 Å². The van der Waals surface area contributed by atoms with Crippen molar-refractivity contribution in [1.29, 1.82) is 0 Å². The number of benzene rings is 1. The van der Waals surface area contributed by atoms with Crippen LogP contribution in [-0.2, 0) is 25.0 Å². The molecule has 1 amide bonds. The average molecular weight is 315 g/mol. The molecule has 0 fully saturated rings. The number of alkyl carbamates (subject to hydrolysis) is 1. The van der Waals surface area contributed by atoms with E-state index in [0.717, 1.165) is 5.56 Å². The van der Waals surface area contributed by atoms with Crippen molar-refractivity contribution < 1.29 is 23.1 Å². The molecule has 0 aliphatic heterocycles. The molecule has 6 nitrogen and oxygen atoms in total. The minimum atomic E-state index is -3.37. The molecule has 0 aliphatic carbocycles. The Balaban J connectivity index is 2.50. The fraction of sp³-hybridized carbons (Fsp3) is 0.500. The van der Waals surface area contributed by atoms with Gasteiger partial charge in [-0.3, -0.25) is 4.57 Å². The topological polar surface area (TPSA) is 73.9 Å². The fourth-order valence-electron chi connectivity index (χ4n) is 1.64. The third kappa shape index (κ3) is 5.87. The standard InChI is InChI=1S/C14H22NO5P/c1-4-19-21(17,20-5-2)12(3)15-14(16)18-11-13-9-7-6-8-10-13/h6-10,12H,4-5,11H2,1-3H3,(H,15,16)/t12-/m0/s1. The maximum atomic E-state index is 12.4. The van der Waals surface area contributed by atoms with E-state index >= 15 is 0 Å². The summed E-state index contributed by atoms with van der Waals surface area (Å²) in [6, 6.07) is 9.30. The second-order valence-corrected chi connectivity index (χ2v) is 6.63. The van der Waals surface area contributed by atoms with Gasteiger partial charge in [-0.15, -0.1) is 0 Å². The fourth-order valence-corrected chi connectivity index (χ4v) is 3.14. The van der Waals surface area contributed by atoms with Crippen LogP contribution in [0.15, 0.2) is 30.3 Å². The largest absolute Gasteiger partial charge is 0.445 e. The molecular weight excluding hydrogens is 293 g/mol. The molecule has 21 heavy (non-hydrogen) atoms. The zero-order chi connectivity index (χ0) is 15.7. The zero-order valence-corrected chi connectivity index (χ0v) is 13.5. The first-order valence-corrected chi connectivity index (χ1v) is 8.49. The first-order valence-electron chi connectivity index (χ1n) is 6.87. The molecule has 1 aromatic rings. The van der Waals surface area contributed by atoms with Crippen LogP contribution in [0, 0.1) is 0 Å². The first-order chi connectivity index (χ1) is 10.0. The van der Waals surface area contributed by atoms with Gasteiger partial charge in [0.1, 0.15) is 12.4 Å². The van der Waals surface area contributed by atoms with Crippen LogP contribution in [0.25, 0.3) is 0 Å². The molecule has 0 heterocycles. The summed E-state index contributed by atoms with van der Waals surface area (Å²) in [5.41, 5.74) is 0.873. The van der Waals surface area contributed by atoms with Crippen LogP contribution in [-0.4, -0.2) is 25.1 Å². The molecule has 0 radical (unpaired) electrons. The number of rotatable bonds is 8. The number of carbonyl (C=O) groups excluding carboxylic acids is 1. The normalized spacial score (nSPS) is 12.7. The highest BCUT2D eigenvalue weighted by atomic mass is 31.2. The van der Waals surface area contributed by atoms with Crippen LogP contribution in [0.5, 0.6) is 0 Å². The summed E-state index contributed by atoms with van der Waals surface area (Å²) in [5.74, 6) is -0.777. The molecule has 0 saturated carbocycles. The molecule has 0 aromatic heterocycles. The molecule has 7 heteroatoms. The van der Waals surface area contributed by atoms with Crippen molar-refractivity contribution in [2.24, 2.45) is 0 Å². The summed E-state index contributed by atoms with van der Waals surface area (Å²) in [7, 11) is -3.37. The molecule has 1 aromatic carbocycles. The molecule has 0 unspecified atom stereocenters. The third-order valence-corrected chi connectivity index (χ3v) is 4.95. The van der Waals surface area contributed by atoms with Gasteiger partial charge in [0.25, 0.3) is 0 Å². The van der Waals surface area contributed by atoms with Gasteiger partial charge in [0.2, 0.25) is 0 Å². The minimum Gasteiger partial charge on any atom is -0.445 e. The van der Waals surface area contributed by atoms with Gasteiger partial charge in [-0.05, 0) is 26.3 Å².